The molecular formula is C18H22N2O3S. The lowest BCUT2D eigenvalue weighted by Crippen LogP contribution is -2.29. The molecule has 0 heterocycles. The Hall–Kier alpha value is -2.34. The molecule has 24 heavy (non-hydrogen) atoms. The van der Waals surface area contributed by atoms with Crippen molar-refractivity contribution in [3.05, 3.63) is 59.7 Å². The SMILES string of the molecule is CN(c1ccccc1C(N)=O)S(=O)(=O)c1ccc(C(C)(C)C)cc1. The molecule has 0 fully saturated rings. The largest absolute Gasteiger partial charge is 0.366 e. The van der Waals surface area contributed by atoms with Crippen LogP contribution in [0.25, 0.3) is 0 Å². The summed E-state index contributed by atoms with van der Waals surface area (Å²) in [5.74, 6) is -0.671. The molecule has 0 radical (unpaired) electrons. The summed E-state index contributed by atoms with van der Waals surface area (Å²) < 4.78 is 26.8. The Bertz CT molecular complexity index is 851. The van der Waals surface area contributed by atoms with Gasteiger partial charge in [-0.3, -0.25) is 9.10 Å². The number of hydrogen-bond acceptors (Lipinski definition) is 3. The molecule has 0 saturated carbocycles. The standard InChI is InChI=1S/C18H22N2O3S/c1-18(2,3)13-9-11-14(12-10-13)24(22,23)20(4)16-8-6-5-7-15(16)17(19)21/h5-12H,1-4H3,(H2,19,21). The first-order valence-corrected chi connectivity index (χ1v) is 8.97. The van der Waals surface area contributed by atoms with E-state index in [9.17, 15) is 13.2 Å². The second-order valence-corrected chi connectivity index (χ2v) is 8.60. The van der Waals surface area contributed by atoms with Crippen LogP contribution in [0.15, 0.2) is 53.4 Å². The summed E-state index contributed by atoms with van der Waals surface area (Å²) in [5, 5.41) is 0. The number of anilines is 1. The van der Waals surface area contributed by atoms with Crippen LogP contribution < -0.4 is 10.0 Å². The average Bonchev–Trinajstić information content (AvgIpc) is 2.53. The topological polar surface area (TPSA) is 80.5 Å². The number of carbonyl (C=O) groups excluding carboxylic acids is 1. The normalized spacial score (nSPS) is 12.0. The van der Waals surface area contributed by atoms with Gasteiger partial charge >= 0.3 is 0 Å². The van der Waals surface area contributed by atoms with E-state index in [2.05, 4.69) is 20.8 Å². The number of carbonyl (C=O) groups is 1. The monoisotopic (exact) mass is 346 g/mol. The molecule has 2 aromatic rings. The van der Waals surface area contributed by atoms with E-state index in [1.807, 2.05) is 0 Å². The van der Waals surface area contributed by atoms with Crippen molar-refractivity contribution in [2.75, 3.05) is 11.4 Å². The van der Waals surface area contributed by atoms with Crippen molar-refractivity contribution < 1.29 is 13.2 Å². The molecule has 0 aliphatic heterocycles. The van der Waals surface area contributed by atoms with Gasteiger partial charge in [-0.1, -0.05) is 45.0 Å². The molecule has 0 spiro atoms. The number of para-hydroxylation sites is 1. The summed E-state index contributed by atoms with van der Waals surface area (Å²) in [5.41, 5.74) is 6.74. The Kier molecular flexibility index (Phi) is 4.71. The van der Waals surface area contributed by atoms with Crippen molar-refractivity contribution >= 4 is 21.6 Å². The first-order chi connectivity index (χ1) is 11.0. The fourth-order valence-electron chi connectivity index (χ4n) is 2.37. The van der Waals surface area contributed by atoms with Crippen LogP contribution in [0.1, 0.15) is 36.7 Å². The number of rotatable bonds is 4. The van der Waals surface area contributed by atoms with Crippen molar-refractivity contribution in [1.82, 2.24) is 0 Å². The molecule has 0 aliphatic carbocycles. The Labute approximate surface area is 143 Å². The maximum Gasteiger partial charge on any atom is 0.264 e. The van der Waals surface area contributed by atoms with Crippen LogP contribution in [0.5, 0.6) is 0 Å². The Morgan fingerprint density at radius 3 is 2.04 bits per heavy atom. The number of nitrogens with zero attached hydrogens (tertiary/aromatic N) is 1. The Balaban J connectivity index is 2.46. The molecule has 0 aliphatic rings. The summed E-state index contributed by atoms with van der Waals surface area (Å²) >= 11 is 0. The molecule has 1 amide bonds. The van der Waals surface area contributed by atoms with Crippen LogP contribution >= 0.6 is 0 Å². The summed E-state index contributed by atoms with van der Waals surface area (Å²) in [4.78, 5) is 11.7. The summed E-state index contributed by atoms with van der Waals surface area (Å²) in [6, 6.07) is 13.1. The Morgan fingerprint density at radius 1 is 1.00 bits per heavy atom. The van der Waals surface area contributed by atoms with Gasteiger partial charge in [0.05, 0.1) is 16.1 Å². The maximum absolute atomic E-state index is 12.8. The van der Waals surface area contributed by atoms with Crippen LogP contribution in [0.3, 0.4) is 0 Å². The summed E-state index contributed by atoms with van der Waals surface area (Å²) in [7, 11) is -2.37. The van der Waals surface area contributed by atoms with Gasteiger partial charge in [-0.05, 0) is 35.2 Å². The highest BCUT2D eigenvalue weighted by Gasteiger charge is 2.25. The van der Waals surface area contributed by atoms with Gasteiger partial charge in [-0.25, -0.2) is 8.42 Å². The van der Waals surface area contributed by atoms with Crippen molar-refractivity contribution in [3.8, 4) is 0 Å². The second kappa shape index (κ2) is 6.28. The fourth-order valence-corrected chi connectivity index (χ4v) is 3.59. The van der Waals surface area contributed by atoms with Crippen LogP contribution in [-0.4, -0.2) is 21.4 Å². The highest BCUT2D eigenvalue weighted by atomic mass is 32.2. The third-order valence-electron chi connectivity index (χ3n) is 3.89. The minimum Gasteiger partial charge on any atom is -0.366 e. The van der Waals surface area contributed by atoms with E-state index in [1.54, 1.807) is 42.5 Å². The number of sulfonamides is 1. The van der Waals surface area contributed by atoms with Gasteiger partial charge in [0.1, 0.15) is 0 Å². The molecule has 2 aromatic carbocycles. The average molecular weight is 346 g/mol. The van der Waals surface area contributed by atoms with Gasteiger partial charge in [-0.15, -0.1) is 0 Å². The van der Waals surface area contributed by atoms with E-state index >= 15 is 0 Å². The van der Waals surface area contributed by atoms with E-state index < -0.39 is 15.9 Å². The molecule has 6 heteroatoms. The second-order valence-electron chi connectivity index (χ2n) is 6.63. The lowest BCUT2D eigenvalue weighted by atomic mass is 9.87. The minimum atomic E-state index is -3.78. The highest BCUT2D eigenvalue weighted by molar-refractivity contribution is 7.92. The van der Waals surface area contributed by atoms with E-state index in [0.29, 0.717) is 0 Å². The Morgan fingerprint density at radius 2 is 1.54 bits per heavy atom. The summed E-state index contributed by atoms with van der Waals surface area (Å²) in [6.45, 7) is 6.18. The zero-order valence-corrected chi connectivity index (χ0v) is 15.1. The van der Waals surface area contributed by atoms with Gasteiger partial charge in [0.25, 0.3) is 15.9 Å². The number of amides is 1. The van der Waals surface area contributed by atoms with E-state index in [-0.39, 0.29) is 21.6 Å². The van der Waals surface area contributed by atoms with Crippen molar-refractivity contribution in [3.63, 3.8) is 0 Å². The van der Waals surface area contributed by atoms with E-state index in [4.69, 9.17) is 5.73 Å². The van der Waals surface area contributed by atoms with Gasteiger partial charge < -0.3 is 5.73 Å². The van der Waals surface area contributed by atoms with Crippen LogP contribution in [-0.2, 0) is 15.4 Å². The molecule has 128 valence electrons. The maximum atomic E-state index is 12.8. The van der Waals surface area contributed by atoms with Crippen LogP contribution in [0.2, 0.25) is 0 Å². The number of hydrogen-bond donors (Lipinski definition) is 1. The predicted octanol–water partition coefficient (Wildman–Crippen LogP) is 2.91. The number of benzene rings is 2. The first kappa shape index (κ1) is 18.0. The molecule has 0 unspecified atom stereocenters. The molecule has 0 saturated heterocycles. The van der Waals surface area contributed by atoms with Crippen molar-refractivity contribution in [2.45, 2.75) is 31.1 Å². The third kappa shape index (κ3) is 3.43. The molecule has 5 nitrogen and oxygen atoms in total. The lowest BCUT2D eigenvalue weighted by Gasteiger charge is -2.23. The smallest absolute Gasteiger partial charge is 0.264 e. The molecular weight excluding hydrogens is 324 g/mol. The zero-order chi connectivity index (χ0) is 18.1. The lowest BCUT2D eigenvalue weighted by molar-refractivity contribution is 0.100. The van der Waals surface area contributed by atoms with Crippen molar-refractivity contribution in [2.24, 2.45) is 5.73 Å². The third-order valence-corrected chi connectivity index (χ3v) is 5.67. The van der Waals surface area contributed by atoms with Crippen LogP contribution in [0.4, 0.5) is 5.69 Å². The van der Waals surface area contributed by atoms with E-state index in [1.165, 1.54) is 13.1 Å². The molecule has 0 bridgehead atoms. The van der Waals surface area contributed by atoms with Crippen LogP contribution in [0, 0.1) is 0 Å². The van der Waals surface area contributed by atoms with Gasteiger partial charge in [-0.2, -0.15) is 0 Å². The van der Waals surface area contributed by atoms with Gasteiger partial charge in [0.15, 0.2) is 0 Å². The molecule has 2 N–H and O–H groups in total. The van der Waals surface area contributed by atoms with E-state index in [0.717, 1.165) is 9.87 Å². The molecule has 0 aromatic heterocycles. The first-order valence-electron chi connectivity index (χ1n) is 7.53. The van der Waals surface area contributed by atoms with Gasteiger partial charge in [0.2, 0.25) is 0 Å². The number of nitrogens with two attached hydrogens (primary N) is 1. The quantitative estimate of drug-likeness (QED) is 0.924. The zero-order valence-electron chi connectivity index (χ0n) is 14.3. The minimum absolute atomic E-state index is 0.0627. The van der Waals surface area contributed by atoms with Gasteiger partial charge in [0, 0.05) is 7.05 Å². The summed E-state index contributed by atoms with van der Waals surface area (Å²) in [6.07, 6.45) is 0. The van der Waals surface area contributed by atoms with Crippen molar-refractivity contribution in [1.29, 1.82) is 0 Å². The molecule has 2 rings (SSSR count). The highest BCUT2D eigenvalue weighted by Crippen LogP contribution is 2.27. The number of primary amides is 1. The predicted molar refractivity (Wildman–Crippen MR) is 95.7 cm³/mol. The fraction of sp³-hybridized carbons (Fsp3) is 0.278. The molecule has 0 atom stereocenters.